The Labute approximate surface area is 120 Å². The predicted molar refractivity (Wildman–Crippen MR) is 79.6 cm³/mol. The topological polar surface area (TPSA) is 35.2 Å². The monoisotopic (exact) mass is 325 g/mol. The maximum absolute atomic E-state index is 5.76. The molecule has 0 saturated carbocycles. The summed E-state index contributed by atoms with van der Waals surface area (Å²) >= 11 is 5.27. The van der Waals surface area contributed by atoms with E-state index < -0.39 is 0 Å². The van der Waals surface area contributed by atoms with Crippen LogP contribution in [0.15, 0.2) is 34.8 Å². The van der Waals surface area contributed by atoms with E-state index in [2.05, 4.69) is 35.0 Å². The van der Waals surface area contributed by atoms with Gasteiger partial charge in [-0.3, -0.25) is 0 Å². The third kappa shape index (κ3) is 3.42. The summed E-state index contributed by atoms with van der Waals surface area (Å²) in [5.74, 6) is 0. The molecule has 2 aromatic rings. The van der Waals surface area contributed by atoms with E-state index in [0.29, 0.717) is 19.8 Å². The Morgan fingerprint density at radius 2 is 1.94 bits per heavy atom. The number of thiophene rings is 1. The van der Waals surface area contributed by atoms with Crippen LogP contribution in [-0.4, -0.2) is 0 Å². The molecule has 0 aliphatic rings. The summed E-state index contributed by atoms with van der Waals surface area (Å²) < 4.78 is 6.85. The number of hydrogen-bond donors (Lipinski definition) is 1. The van der Waals surface area contributed by atoms with Crippen molar-refractivity contribution in [3.05, 3.63) is 55.7 Å². The molecular formula is C14H16BrNOS. The lowest BCUT2D eigenvalue weighted by Gasteiger charge is -2.05. The van der Waals surface area contributed by atoms with Crippen molar-refractivity contribution < 1.29 is 4.74 Å². The zero-order valence-corrected chi connectivity index (χ0v) is 12.7. The highest BCUT2D eigenvalue weighted by molar-refractivity contribution is 9.10. The second kappa shape index (κ2) is 6.48. The summed E-state index contributed by atoms with van der Waals surface area (Å²) in [6.45, 7) is 3.98. The predicted octanol–water partition coefficient (Wildman–Crippen LogP) is 3.99. The van der Waals surface area contributed by atoms with Gasteiger partial charge in [-0.2, -0.15) is 0 Å². The van der Waals surface area contributed by atoms with Crippen molar-refractivity contribution in [2.45, 2.75) is 26.7 Å². The van der Waals surface area contributed by atoms with Crippen LogP contribution in [0.4, 0.5) is 0 Å². The van der Waals surface area contributed by atoms with Gasteiger partial charge in [-0.1, -0.05) is 34.1 Å². The van der Waals surface area contributed by atoms with Crippen molar-refractivity contribution in [1.82, 2.24) is 0 Å². The highest BCUT2D eigenvalue weighted by Crippen LogP contribution is 2.23. The fraction of sp³-hybridized carbons (Fsp3) is 0.286. The third-order valence-corrected chi connectivity index (χ3v) is 4.63. The van der Waals surface area contributed by atoms with Crippen LogP contribution in [0.25, 0.3) is 0 Å². The Morgan fingerprint density at radius 1 is 1.22 bits per heavy atom. The molecular weight excluding hydrogens is 310 g/mol. The van der Waals surface area contributed by atoms with Crippen LogP contribution >= 0.6 is 27.3 Å². The van der Waals surface area contributed by atoms with Crippen LogP contribution in [0.5, 0.6) is 0 Å². The molecule has 0 saturated heterocycles. The Hall–Kier alpha value is -0.680. The number of benzene rings is 1. The first-order chi connectivity index (χ1) is 8.70. The van der Waals surface area contributed by atoms with Gasteiger partial charge in [0.2, 0.25) is 0 Å². The van der Waals surface area contributed by atoms with Gasteiger partial charge in [0, 0.05) is 20.8 Å². The highest BCUT2D eigenvalue weighted by Gasteiger charge is 2.05. The molecule has 1 heterocycles. The van der Waals surface area contributed by atoms with Crippen molar-refractivity contribution in [2.75, 3.05) is 0 Å². The number of aryl methyl sites for hydroxylation is 1. The van der Waals surface area contributed by atoms with E-state index in [9.17, 15) is 0 Å². The molecule has 1 aromatic heterocycles. The molecule has 0 atom stereocenters. The molecule has 0 amide bonds. The maximum atomic E-state index is 5.76. The molecule has 0 aliphatic heterocycles. The largest absolute Gasteiger partial charge is 0.372 e. The van der Waals surface area contributed by atoms with Gasteiger partial charge in [0.1, 0.15) is 0 Å². The summed E-state index contributed by atoms with van der Waals surface area (Å²) in [5, 5.41) is 0. The fourth-order valence-electron chi connectivity index (χ4n) is 1.72. The summed E-state index contributed by atoms with van der Waals surface area (Å²) in [7, 11) is 0. The van der Waals surface area contributed by atoms with Crippen molar-refractivity contribution in [1.29, 1.82) is 0 Å². The molecule has 2 N–H and O–H groups in total. The Balaban J connectivity index is 1.92. The second-order valence-electron chi connectivity index (χ2n) is 4.08. The molecule has 0 fully saturated rings. The Morgan fingerprint density at radius 3 is 2.61 bits per heavy atom. The Bertz CT molecular complexity index is 524. The van der Waals surface area contributed by atoms with Crippen LogP contribution in [-0.2, 0) is 24.5 Å². The zero-order valence-electron chi connectivity index (χ0n) is 10.3. The van der Waals surface area contributed by atoms with Gasteiger partial charge in [0.05, 0.1) is 13.2 Å². The lowest BCUT2D eigenvalue weighted by Crippen LogP contribution is -1.95. The highest BCUT2D eigenvalue weighted by atomic mass is 79.9. The quantitative estimate of drug-likeness (QED) is 0.901. The van der Waals surface area contributed by atoms with Gasteiger partial charge < -0.3 is 10.5 Å². The molecule has 2 nitrogen and oxygen atoms in total. The molecule has 1 aromatic carbocycles. The number of halogens is 1. The minimum atomic E-state index is 0.607. The van der Waals surface area contributed by atoms with E-state index in [1.807, 2.05) is 18.2 Å². The van der Waals surface area contributed by atoms with Crippen LogP contribution in [0.2, 0.25) is 0 Å². The van der Waals surface area contributed by atoms with Crippen molar-refractivity contribution in [2.24, 2.45) is 5.73 Å². The van der Waals surface area contributed by atoms with Crippen molar-refractivity contribution in [3.63, 3.8) is 0 Å². The fourth-order valence-corrected chi connectivity index (χ4v) is 3.04. The minimum absolute atomic E-state index is 0.607. The van der Waals surface area contributed by atoms with Crippen LogP contribution < -0.4 is 5.73 Å². The van der Waals surface area contributed by atoms with Crippen molar-refractivity contribution >= 4 is 27.3 Å². The first-order valence-electron chi connectivity index (χ1n) is 5.80. The average Bonchev–Trinajstić information content (AvgIpc) is 2.73. The first kappa shape index (κ1) is 13.7. The third-order valence-electron chi connectivity index (χ3n) is 2.75. The first-order valence-corrected chi connectivity index (χ1v) is 7.41. The minimum Gasteiger partial charge on any atom is -0.372 e. The van der Waals surface area contributed by atoms with Gasteiger partial charge in [-0.15, -0.1) is 11.3 Å². The van der Waals surface area contributed by atoms with Gasteiger partial charge in [0.15, 0.2) is 0 Å². The van der Waals surface area contributed by atoms with E-state index >= 15 is 0 Å². The van der Waals surface area contributed by atoms with E-state index in [0.717, 1.165) is 4.47 Å². The zero-order chi connectivity index (χ0) is 13.0. The summed E-state index contributed by atoms with van der Waals surface area (Å²) in [4.78, 5) is 2.51. The van der Waals surface area contributed by atoms with Crippen LogP contribution in [0.1, 0.15) is 20.9 Å². The van der Waals surface area contributed by atoms with Crippen LogP contribution in [0, 0.1) is 6.92 Å². The normalized spacial score (nSPS) is 10.8. The summed E-state index contributed by atoms with van der Waals surface area (Å²) in [6, 6.07) is 10.3. The molecule has 0 aliphatic carbocycles. The smallest absolute Gasteiger partial charge is 0.0732 e. The van der Waals surface area contributed by atoms with Crippen LogP contribution in [0.3, 0.4) is 0 Å². The van der Waals surface area contributed by atoms with Gasteiger partial charge in [-0.25, -0.2) is 0 Å². The summed E-state index contributed by atoms with van der Waals surface area (Å²) in [5.41, 5.74) is 8.05. The molecule has 0 bridgehead atoms. The number of rotatable bonds is 5. The SMILES string of the molecule is Cc1sc(CN)cc1COCc1ccccc1Br. The number of nitrogens with two attached hydrogens (primary N) is 1. The number of ether oxygens (including phenoxy) is 1. The molecule has 0 spiro atoms. The maximum Gasteiger partial charge on any atom is 0.0732 e. The van der Waals surface area contributed by atoms with E-state index in [1.165, 1.54) is 20.9 Å². The molecule has 0 unspecified atom stereocenters. The average molecular weight is 326 g/mol. The standard InChI is InChI=1S/C14H16BrNOS/c1-10-12(6-13(7-16)18-10)9-17-8-11-4-2-3-5-14(11)15/h2-6H,7-9,16H2,1H3. The van der Waals surface area contributed by atoms with Gasteiger partial charge in [-0.05, 0) is 30.2 Å². The van der Waals surface area contributed by atoms with E-state index in [1.54, 1.807) is 11.3 Å². The van der Waals surface area contributed by atoms with Gasteiger partial charge >= 0.3 is 0 Å². The van der Waals surface area contributed by atoms with Gasteiger partial charge in [0.25, 0.3) is 0 Å². The Kier molecular flexibility index (Phi) is 4.95. The van der Waals surface area contributed by atoms with E-state index in [-0.39, 0.29) is 0 Å². The van der Waals surface area contributed by atoms with Crippen molar-refractivity contribution in [3.8, 4) is 0 Å². The lowest BCUT2D eigenvalue weighted by atomic mass is 10.2. The van der Waals surface area contributed by atoms with E-state index in [4.69, 9.17) is 10.5 Å². The molecule has 4 heteroatoms. The second-order valence-corrected chi connectivity index (χ2v) is 6.28. The lowest BCUT2D eigenvalue weighted by molar-refractivity contribution is 0.106. The molecule has 18 heavy (non-hydrogen) atoms. The molecule has 2 rings (SSSR count). The number of hydrogen-bond acceptors (Lipinski definition) is 3. The summed E-state index contributed by atoms with van der Waals surface area (Å²) in [6.07, 6.45) is 0. The molecule has 0 radical (unpaired) electrons. The molecule has 96 valence electrons.